The zero-order valence-electron chi connectivity index (χ0n) is 78.2. The standard InChI is InChI=1S/4C27H27FN4O3/c4*1-17(28)35-24-5-3-2-4-20(24)21-8-9-32-25(21)23-14-18(6-7-22(23)26(32)33)19-15-29-27(30-16-19)31-10-12-34-13-11-31/h4*2-7,14-17,21,25H,8-13H2,1H3/t17?,21-,25+;3*17?,21-,25-/m0110/s1. The van der Waals surface area contributed by atoms with Crippen molar-refractivity contribution in [3.8, 4) is 67.5 Å². The predicted molar refractivity (Wildman–Crippen MR) is 517 cm³/mol. The summed E-state index contributed by atoms with van der Waals surface area (Å²) in [5.41, 5.74) is 18.1. The number of benzene rings is 8. The number of anilines is 4. The van der Waals surface area contributed by atoms with E-state index in [0.29, 0.717) is 126 Å². The Balaban J connectivity index is 0.000000111. The molecule has 4 amide bonds. The minimum atomic E-state index is -1.40. The average molecular weight is 1900 g/mol. The number of halogens is 4. The molecule has 12 aliphatic heterocycles. The van der Waals surface area contributed by atoms with Crippen molar-refractivity contribution in [3.63, 3.8) is 0 Å². The molecule has 0 aliphatic carbocycles. The number of carbonyl (C=O) groups is 4. The van der Waals surface area contributed by atoms with Gasteiger partial charge in [0.05, 0.1) is 77.0 Å². The molecule has 0 radical (unpaired) electrons. The molecule has 12 aliphatic rings. The van der Waals surface area contributed by atoms with E-state index in [1.807, 2.05) is 191 Å². The van der Waals surface area contributed by atoms with Crippen LogP contribution in [-0.2, 0) is 18.9 Å². The fourth-order valence-electron chi connectivity index (χ4n) is 22.1. The molecule has 0 saturated carbocycles. The maximum Gasteiger partial charge on any atom is 0.254 e. The third-order valence-corrected chi connectivity index (χ3v) is 28.5. The van der Waals surface area contributed by atoms with Gasteiger partial charge in [0, 0.05) is 224 Å². The first kappa shape index (κ1) is 92.3. The van der Waals surface area contributed by atoms with Gasteiger partial charge in [-0.2, -0.15) is 0 Å². The first-order chi connectivity index (χ1) is 68.4. The van der Waals surface area contributed by atoms with Crippen LogP contribution in [0.4, 0.5) is 41.4 Å². The number of ether oxygens (including phenoxy) is 8. The lowest BCUT2D eigenvalue weighted by molar-refractivity contribution is 0.0758. The SMILES string of the molecule is CC(F)Oc1ccccc1[C@@H]1CCN2C(=O)c3ccc(-c4cnc(N5CCOCC5)nc4)cc3[C@@H]12.CC(F)Oc1ccccc1[C@@H]1CCN2C(=O)c3ccc(-c4cnc(N5CCOCC5)nc4)cc3[C@H]12.CC(F)Oc1ccccc1[C@H]1CCN2C(=O)c3ccc(-c4cnc(N5CCOCC5)nc4)cc3[C@@H]12.CC(F)Oc1ccccc1[C@H]1CCN2C(=O)c3ccc(-c4cnc(N5CCOCC5)nc4)cc3[C@@H]12. The Bertz CT molecular complexity index is 5750. The number of hydrogen-bond acceptors (Lipinski definition) is 24. The van der Waals surface area contributed by atoms with Crippen LogP contribution >= 0.6 is 0 Å². The lowest BCUT2D eigenvalue weighted by Gasteiger charge is -2.26. The molecule has 0 N–H and O–H groups in total. The van der Waals surface area contributed by atoms with Crippen LogP contribution in [0.5, 0.6) is 23.0 Å². The molecule has 4 unspecified atom stereocenters. The molecule has 140 heavy (non-hydrogen) atoms. The number of para-hydroxylation sites is 4. The van der Waals surface area contributed by atoms with Gasteiger partial charge in [0.15, 0.2) is 0 Å². The highest BCUT2D eigenvalue weighted by molar-refractivity contribution is 6.03. The second-order valence-electron chi connectivity index (χ2n) is 36.8. The van der Waals surface area contributed by atoms with E-state index in [4.69, 9.17) is 37.9 Å². The van der Waals surface area contributed by atoms with Gasteiger partial charge in [0.2, 0.25) is 49.2 Å². The van der Waals surface area contributed by atoms with E-state index in [9.17, 15) is 36.7 Å². The van der Waals surface area contributed by atoms with Gasteiger partial charge in [-0.25, -0.2) is 57.4 Å². The van der Waals surface area contributed by atoms with Crippen molar-refractivity contribution in [2.45, 2.75) is 127 Å². The number of aromatic nitrogens is 8. The maximum absolute atomic E-state index is 13.7. The van der Waals surface area contributed by atoms with E-state index in [1.54, 1.807) is 24.3 Å². The number of rotatable bonds is 20. The van der Waals surface area contributed by atoms with Crippen LogP contribution in [0.3, 0.4) is 0 Å². The second-order valence-corrected chi connectivity index (χ2v) is 36.8. The zero-order valence-corrected chi connectivity index (χ0v) is 78.2. The van der Waals surface area contributed by atoms with Crippen LogP contribution in [-0.4, -0.2) is 240 Å². The van der Waals surface area contributed by atoms with Crippen LogP contribution < -0.4 is 38.5 Å². The third kappa shape index (κ3) is 18.5. The average Bonchev–Trinajstić information content (AvgIpc) is 1.59. The van der Waals surface area contributed by atoms with Gasteiger partial charge < -0.3 is 77.1 Å². The normalized spacial score (nSPS) is 22.2. The van der Waals surface area contributed by atoms with Crippen molar-refractivity contribution < 1.29 is 74.6 Å². The number of amides is 4. The van der Waals surface area contributed by atoms with Gasteiger partial charge in [-0.05, 0) is 165 Å². The monoisotopic (exact) mass is 1900 g/mol. The molecule has 12 aromatic rings. The highest BCUT2D eigenvalue weighted by atomic mass is 19.2. The largest absolute Gasteiger partial charge is 0.460 e. The van der Waals surface area contributed by atoms with Crippen molar-refractivity contribution in [3.05, 3.63) is 286 Å². The molecule has 4 aromatic heterocycles. The lowest BCUT2D eigenvalue weighted by atomic mass is 9.86. The first-order valence-electron chi connectivity index (χ1n) is 48.4. The molecule has 16 heterocycles. The quantitative estimate of drug-likeness (QED) is 0.0641. The van der Waals surface area contributed by atoms with Gasteiger partial charge in [-0.3, -0.25) is 19.2 Å². The summed E-state index contributed by atoms with van der Waals surface area (Å²) in [6.45, 7) is 19.9. The minimum Gasteiger partial charge on any atom is -0.460 e. The third-order valence-electron chi connectivity index (χ3n) is 28.5. The summed E-state index contributed by atoms with van der Waals surface area (Å²) >= 11 is 0. The Labute approximate surface area is 808 Å². The fourth-order valence-corrected chi connectivity index (χ4v) is 22.1. The molecule has 32 heteroatoms. The van der Waals surface area contributed by atoms with Crippen molar-refractivity contribution in [2.75, 3.05) is 151 Å². The Hall–Kier alpha value is -14.1. The lowest BCUT2D eigenvalue weighted by Crippen LogP contribution is -2.37. The van der Waals surface area contributed by atoms with Crippen LogP contribution in [0, 0.1) is 0 Å². The Morgan fingerprint density at radius 3 is 0.643 bits per heavy atom. The molecular formula is C108H108F4N16O12. The molecular weight excluding hydrogens is 1790 g/mol. The molecule has 12 atom stereocenters. The summed E-state index contributed by atoms with van der Waals surface area (Å²) in [4.78, 5) is 106. The number of fused-ring (bicyclic) bond motifs is 12. The molecule has 8 saturated heterocycles. The van der Waals surface area contributed by atoms with Gasteiger partial charge in [-0.15, -0.1) is 0 Å². The van der Waals surface area contributed by atoms with Crippen molar-refractivity contribution >= 4 is 47.4 Å². The maximum atomic E-state index is 13.7. The molecule has 0 bridgehead atoms. The van der Waals surface area contributed by atoms with Gasteiger partial charge >= 0.3 is 0 Å². The smallest absolute Gasteiger partial charge is 0.254 e. The van der Waals surface area contributed by atoms with Gasteiger partial charge in [-0.1, -0.05) is 97.1 Å². The molecule has 28 nitrogen and oxygen atoms in total. The van der Waals surface area contributed by atoms with Gasteiger partial charge in [0.25, 0.3) is 23.6 Å². The molecule has 8 fully saturated rings. The van der Waals surface area contributed by atoms with Gasteiger partial charge in [0.1, 0.15) is 23.0 Å². The van der Waals surface area contributed by atoms with Crippen molar-refractivity contribution in [1.82, 2.24) is 59.5 Å². The summed E-state index contributed by atoms with van der Waals surface area (Å²) in [6.07, 6.45) is 12.3. The van der Waals surface area contributed by atoms with Crippen molar-refractivity contribution in [2.24, 2.45) is 0 Å². The summed E-state index contributed by atoms with van der Waals surface area (Å²) in [5, 5.41) is 0. The van der Waals surface area contributed by atoms with E-state index in [2.05, 4.69) is 83.7 Å². The Kier molecular flexibility index (Phi) is 26.6. The predicted octanol–water partition coefficient (Wildman–Crippen LogP) is 17.4. The van der Waals surface area contributed by atoms with Crippen molar-refractivity contribution in [1.29, 1.82) is 0 Å². The Morgan fingerprint density at radius 1 is 0.257 bits per heavy atom. The first-order valence-corrected chi connectivity index (χ1v) is 48.4. The van der Waals surface area contributed by atoms with E-state index < -0.39 is 25.4 Å². The van der Waals surface area contributed by atoms with E-state index in [1.165, 1.54) is 27.7 Å². The number of nitrogens with zero attached hydrogens (tertiary/aromatic N) is 16. The van der Waals surface area contributed by atoms with Crippen LogP contribution in [0.15, 0.2) is 219 Å². The number of carbonyl (C=O) groups excluding carboxylic acids is 4. The molecule has 24 rings (SSSR count). The summed E-state index contributed by atoms with van der Waals surface area (Å²) in [6, 6.07) is 53.7. The second kappa shape index (κ2) is 40.4. The number of morpholine rings is 4. The summed E-state index contributed by atoms with van der Waals surface area (Å²) in [5.74, 6) is 5.31. The van der Waals surface area contributed by atoms with Crippen LogP contribution in [0.25, 0.3) is 44.5 Å². The zero-order chi connectivity index (χ0) is 95.8. The van der Waals surface area contributed by atoms with E-state index in [0.717, 1.165) is 189 Å². The minimum absolute atomic E-state index is 0.0327. The number of alkyl halides is 4. The topological polar surface area (TPSA) is 271 Å². The highest BCUT2D eigenvalue weighted by Crippen LogP contribution is 2.57. The molecule has 8 aromatic carbocycles. The summed E-state index contributed by atoms with van der Waals surface area (Å²) in [7, 11) is 0. The van der Waals surface area contributed by atoms with Crippen LogP contribution in [0.2, 0.25) is 0 Å². The number of hydrogen-bond donors (Lipinski definition) is 0. The van der Waals surface area contributed by atoms with E-state index >= 15 is 0 Å². The van der Waals surface area contributed by atoms with E-state index in [-0.39, 0.29) is 71.5 Å². The Morgan fingerprint density at radius 2 is 0.450 bits per heavy atom. The fraction of sp³-hybridized carbons (Fsp3) is 0.370. The summed E-state index contributed by atoms with van der Waals surface area (Å²) < 4.78 is 98.4. The highest BCUT2D eigenvalue weighted by Gasteiger charge is 2.52. The molecule has 720 valence electrons. The molecule has 0 spiro atoms. The van der Waals surface area contributed by atoms with Crippen LogP contribution in [0.1, 0.15) is 187 Å².